The van der Waals surface area contributed by atoms with E-state index in [9.17, 15) is 9.59 Å². The minimum Gasteiger partial charge on any atom is -0.320 e. The minimum atomic E-state index is -0.229. The van der Waals surface area contributed by atoms with E-state index in [-0.39, 0.29) is 11.6 Å². The predicted molar refractivity (Wildman–Crippen MR) is 101 cm³/mol. The standard InChI is InChI=1S/C20H16N4O2/c1-13-12-22-20(26)24(13)16-9-7-15(8-10-16)19(25)23-17-6-2-4-14-5-3-11-21-18(14)17/h2-12H,1H3,(H,22,26)(H,23,25). The maximum absolute atomic E-state index is 12.6. The molecule has 0 aliphatic heterocycles. The molecule has 0 saturated heterocycles. The molecule has 4 rings (SSSR count). The Morgan fingerprint density at radius 3 is 2.58 bits per heavy atom. The summed E-state index contributed by atoms with van der Waals surface area (Å²) in [6.07, 6.45) is 3.35. The van der Waals surface area contributed by atoms with Gasteiger partial charge in [0.2, 0.25) is 0 Å². The van der Waals surface area contributed by atoms with Crippen molar-refractivity contribution in [1.29, 1.82) is 0 Å². The molecule has 0 aliphatic rings. The Labute approximate surface area is 149 Å². The first-order chi connectivity index (χ1) is 12.6. The number of aryl methyl sites for hydroxylation is 1. The van der Waals surface area contributed by atoms with Crippen LogP contribution >= 0.6 is 0 Å². The monoisotopic (exact) mass is 344 g/mol. The first kappa shape index (κ1) is 15.8. The third kappa shape index (κ3) is 2.77. The number of anilines is 1. The van der Waals surface area contributed by atoms with E-state index in [0.29, 0.717) is 16.9 Å². The van der Waals surface area contributed by atoms with Gasteiger partial charge in [-0.3, -0.25) is 14.3 Å². The molecule has 2 N–H and O–H groups in total. The van der Waals surface area contributed by atoms with Crippen LogP contribution in [0.25, 0.3) is 16.6 Å². The van der Waals surface area contributed by atoms with Crippen molar-refractivity contribution in [3.8, 4) is 5.69 Å². The Kier molecular flexibility index (Phi) is 3.85. The van der Waals surface area contributed by atoms with Crippen LogP contribution in [0.15, 0.2) is 71.8 Å². The van der Waals surface area contributed by atoms with Crippen LogP contribution in [0, 0.1) is 6.92 Å². The van der Waals surface area contributed by atoms with Gasteiger partial charge in [0.1, 0.15) is 0 Å². The maximum Gasteiger partial charge on any atom is 0.330 e. The van der Waals surface area contributed by atoms with Crippen LogP contribution in [-0.2, 0) is 0 Å². The number of para-hydroxylation sites is 1. The molecule has 6 nitrogen and oxygen atoms in total. The fourth-order valence-electron chi connectivity index (χ4n) is 2.94. The van der Waals surface area contributed by atoms with Crippen LogP contribution < -0.4 is 11.0 Å². The average molecular weight is 344 g/mol. The van der Waals surface area contributed by atoms with Crippen molar-refractivity contribution in [3.05, 3.63) is 88.7 Å². The number of hydrogen-bond donors (Lipinski definition) is 2. The summed E-state index contributed by atoms with van der Waals surface area (Å²) >= 11 is 0. The fraction of sp³-hybridized carbons (Fsp3) is 0.0500. The Bertz CT molecular complexity index is 1150. The number of imidazole rings is 1. The molecule has 0 atom stereocenters. The summed E-state index contributed by atoms with van der Waals surface area (Å²) in [7, 11) is 0. The van der Waals surface area contributed by atoms with Gasteiger partial charge < -0.3 is 10.3 Å². The number of hydrogen-bond acceptors (Lipinski definition) is 3. The lowest BCUT2D eigenvalue weighted by atomic mass is 10.1. The van der Waals surface area contributed by atoms with Gasteiger partial charge in [0.05, 0.1) is 16.9 Å². The quantitative estimate of drug-likeness (QED) is 0.598. The molecule has 128 valence electrons. The van der Waals surface area contributed by atoms with Gasteiger partial charge in [-0.15, -0.1) is 0 Å². The number of rotatable bonds is 3. The van der Waals surface area contributed by atoms with Crippen molar-refractivity contribution >= 4 is 22.5 Å². The van der Waals surface area contributed by atoms with E-state index in [2.05, 4.69) is 15.3 Å². The second-order valence-electron chi connectivity index (χ2n) is 5.95. The van der Waals surface area contributed by atoms with E-state index in [0.717, 1.165) is 16.6 Å². The number of pyridine rings is 1. The normalized spacial score (nSPS) is 10.8. The number of amides is 1. The lowest BCUT2D eigenvalue weighted by Crippen LogP contribution is -2.16. The molecule has 0 unspecified atom stereocenters. The molecule has 2 aromatic heterocycles. The molecule has 0 saturated carbocycles. The zero-order valence-electron chi connectivity index (χ0n) is 14.1. The molecule has 4 aromatic rings. The second-order valence-corrected chi connectivity index (χ2v) is 5.95. The minimum absolute atomic E-state index is 0.207. The van der Waals surface area contributed by atoms with Crippen LogP contribution in [0.1, 0.15) is 16.1 Å². The first-order valence-corrected chi connectivity index (χ1v) is 8.16. The van der Waals surface area contributed by atoms with Gasteiger partial charge in [0, 0.05) is 29.0 Å². The number of H-pyrrole nitrogens is 1. The molecule has 0 spiro atoms. The highest BCUT2D eigenvalue weighted by Crippen LogP contribution is 2.21. The predicted octanol–water partition coefficient (Wildman–Crippen LogP) is 3.27. The molecule has 2 heterocycles. The Morgan fingerprint density at radius 1 is 1.08 bits per heavy atom. The number of fused-ring (bicyclic) bond motifs is 1. The van der Waals surface area contributed by atoms with Gasteiger partial charge in [-0.1, -0.05) is 18.2 Å². The van der Waals surface area contributed by atoms with Crippen LogP contribution in [-0.4, -0.2) is 20.4 Å². The molecular weight excluding hydrogens is 328 g/mol. The molecule has 0 radical (unpaired) electrons. The summed E-state index contributed by atoms with van der Waals surface area (Å²) in [6, 6.07) is 16.3. The van der Waals surface area contributed by atoms with Gasteiger partial charge in [-0.05, 0) is 43.3 Å². The molecular formula is C20H16N4O2. The zero-order valence-corrected chi connectivity index (χ0v) is 14.1. The van der Waals surface area contributed by atoms with E-state index in [1.807, 2.05) is 37.3 Å². The smallest absolute Gasteiger partial charge is 0.320 e. The number of nitrogens with one attached hydrogen (secondary N) is 2. The van der Waals surface area contributed by atoms with Crippen LogP contribution in [0.4, 0.5) is 5.69 Å². The first-order valence-electron chi connectivity index (χ1n) is 8.16. The van der Waals surface area contributed by atoms with Crippen molar-refractivity contribution in [2.24, 2.45) is 0 Å². The van der Waals surface area contributed by atoms with Gasteiger partial charge in [0.15, 0.2) is 0 Å². The van der Waals surface area contributed by atoms with Crippen molar-refractivity contribution in [2.45, 2.75) is 6.92 Å². The summed E-state index contributed by atoms with van der Waals surface area (Å²) in [4.78, 5) is 31.4. The van der Waals surface area contributed by atoms with E-state index in [4.69, 9.17) is 0 Å². The lowest BCUT2D eigenvalue weighted by molar-refractivity contribution is 0.102. The Morgan fingerprint density at radius 2 is 1.85 bits per heavy atom. The van der Waals surface area contributed by atoms with Crippen LogP contribution in [0.5, 0.6) is 0 Å². The summed E-state index contributed by atoms with van der Waals surface area (Å²) in [5.41, 5.74) is 3.21. The van der Waals surface area contributed by atoms with Crippen molar-refractivity contribution < 1.29 is 4.79 Å². The van der Waals surface area contributed by atoms with Gasteiger partial charge in [-0.25, -0.2) is 4.79 Å². The fourth-order valence-corrected chi connectivity index (χ4v) is 2.94. The van der Waals surface area contributed by atoms with Crippen molar-refractivity contribution in [3.63, 3.8) is 0 Å². The van der Waals surface area contributed by atoms with E-state index < -0.39 is 0 Å². The second kappa shape index (κ2) is 6.33. The molecule has 0 aliphatic carbocycles. The summed E-state index contributed by atoms with van der Waals surface area (Å²) in [6.45, 7) is 1.84. The van der Waals surface area contributed by atoms with Crippen molar-refractivity contribution in [2.75, 3.05) is 5.32 Å². The number of carbonyl (C=O) groups is 1. The highest BCUT2D eigenvalue weighted by atomic mass is 16.2. The molecule has 1 amide bonds. The molecule has 6 heteroatoms. The maximum atomic E-state index is 12.6. The third-order valence-corrected chi connectivity index (χ3v) is 4.23. The largest absolute Gasteiger partial charge is 0.330 e. The Hall–Kier alpha value is -3.67. The average Bonchev–Trinajstić information content (AvgIpc) is 3.00. The molecule has 0 bridgehead atoms. The van der Waals surface area contributed by atoms with E-state index in [1.54, 1.807) is 41.2 Å². The van der Waals surface area contributed by atoms with E-state index in [1.165, 1.54) is 0 Å². The number of benzene rings is 2. The van der Waals surface area contributed by atoms with E-state index >= 15 is 0 Å². The zero-order chi connectivity index (χ0) is 18.1. The lowest BCUT2D eigenvalue weighted by Gasteiger charge is -2.09. The number of nitrogens with zero attached hydrogens (tertiary/aromatic N) is 2. The van der Waals surface area contributed by atoms with Crippen molar-refractivity contribution in [1.82, 2.24) is 14.5 Å². The number of aromatic amines is 1. The SMILES string of the molecule is Cc1c[nH]c(=O)n1-c1ccc(C(=O)Nc2cccc3cccnc23)cc1. The Balaban J connectivity index is 1.62. The van der Waals surface area contributed by atoms with Gasteiger partial charge in [-0.2, -0.15) is 0 Å². The topological polar surface area (TPSA) is 79.8 Å². The molecule has 0 fully saturated rings. The highest BCUT2D eigenvalue weighted by Gasteiger charge is 2.10. The number of carbonyl (C=O) groups excluding carboxylic acids is 1. The highest BCUT2D eigenvalue weighted by molar-refractivity contribution is 6.08. The van der Waals surface area contributed by atoms with Crippen LogP contribution in [0.2, 0.25) is 0 Å². The molecule has 2 aromatic carbocycles. The van der Waals surface area contributed by atoms with Crippen LogP contribution in [0.3, 0.4) is 0 Å². The number of aromatic nitrogens is 3. The summed E-state index contributed by atoms with van der Waals surface area (Å²) in [5.74, 6) is -0.229. The van der Waals surface area contributed by atoms with Gasteiger partial charge >= 0.3 is 5.69 Å². The summed E-state index contributed by atoms with van der Waals surface area (Å²) in [5, 5.41) is 3.86. The third-order valence-electron chi connectivity index (χ3n) is 4.23. The molecule has 26 heavy (non-hydrogen) atoms. The van der Waals surface area contributed by atoms with Gasteiger partial charge in [0.25, 0.3) is 5.91 Å². The summed E-state index contributed by atoms with van der Waals surface area (Å²) < 4.78 is 1.55.